The standard InChI is InChI=1S/C7H6Cl2N4O/c1-13-5(3(8)2-11-13)6-4(9)7(10)12-14-6/h2H,1H3,(H2,10,12). The Hall–Kier alpha value is -1.20. The molecule has 0 saturated carbocycles. The molecule has 0 amide bonds. The highest BCUT2D eigenvalue weighted by Crippen LogP contribution is 2.35. The van der Waals surface area contributed by atoms with Crippen molar-refractivity contribution in [1.29, 1.82) is 0 Å². The Kier molecular flexibility index (Phi) is 2.13. The van der Waals surface area contributed by atoms with Crippen LogP contribution in [-0.4, -0.2) is 14.9 Å². The van der Waals surface area contributed by atoms with Crippen molar-refractivity contribution in [2.24, 2.45) is 7.05 Å². The van der Waals surface area contributed by atoms with Gasteiger partial charge in [-0.15, -0.1) is 0 Å². The van der Waals surface area contributed by atoms with E-state index in [2.05, 4.69) is 10.3 Å². The van der Waals surface area contributed by atoms with Crippen molar-refractivity contribution >= 4 is 29.0 Å². The van der Waals surface area contributed by atoms with Gasteiger partial charge in [0, 0.05) is 7.05 Å². The molecule has 0 bridgehead atoms. The highest BCUT2D eigenvalue weighted by Gasteiger charge is 2.19. The molecule has 74 valence electrons. The van der Waals surface area contributed by atoms with Crippen molar-refractivity contribution in [2.45, 2.75) is 0 Å². The van der Waals surface area contributed by atoms with Gasteiger partial charge in [0.05, 0.1) is 11.2 Å². The third kappa shape index (κ3) is 1.25. The highest BCUT2D eigenvalue weighted by molar-refractivity contribution is 6.37. The zero-order valence-corrected chi connectivity index (χ0v) is 8.67. The van der Waals surface area contributed by atoms with E-state index < -0.39 is 0 Å². The Morgan fingerprint density at radius 3 is 2.64 bits per heavy atom. The molecular formula is C7H6Cl2N4O. The number of aromatic nitrogens is 3. The summed E-state index contributed by atoms with van der Waals surface area (Å²) in [6, 6.07) is 0. The number of halogens is 2. The third-order valence-electron chi connectivity index (χ3n) is 1.77. The van der Waals surface area contributed by atoms with E-state index in [0.717, 1.165) is 0 Å². The van der Waals surface area contributed by atoms with E-state index >= 15 is 0 Å². The number of hydrogen-bond acceptors (Lipinski definition) is 4. The largest absolute Gasteiger partial charge is 0.380 e. The summed E-state index contributed by atoms with van der Waals surface area (Å²) in [6.45, 7) is 0. The van der Waals surface area contributed by atoms with Crippen LogP contribution < -0.4 is 5.73 Å². The van der Waals surface area contributed by atoms with Crippen LogP contribution in [0.2, 0.25) is 10.0 Å². The molecule has 0 atom stereocenters. The fourth-order valence-electron chi connectivity index (χ4n) is 1.10. The molecular weight excluding hydrogens is 227 g/mol. The van der Waals surface area contributed by atoms with Crippen molar-refractivity contribution in [2.75, 3.05) is 5.73 Å². The first kappa shape index (κ1) is 9.36. The molecule has 0 aliphatic carbocycles. The maximum atomic E-state index is 5.89. The predicted octanol–water partition coefficient (Wildman–Crippen LogP) is 1.96. The Labute approximate surface area is 89.4 Å². The van der Waals surface area contributed by atoms with Crippen LogP contribution in [0.4, 0.5) is 5.82 Å². The fourth-order valence-corrected chi connectivity index (χ4v) is 1.51. The van der Waals surface area contributed by atoms with Crippen molar-refractivity contribution in [1.82, 2.24) is 14.9 Å². The number of nitrogens with zero attached hydrogens (tertiary/aromatic N) is 3. The van der Waals surface area contributed by atoms with E-state index in [1.165, 1.54) is 10.9 Å². The summed E-state index contributed by atoms with van der Waals surface area (Å²) in [5, 5.41) is 8.15. The number of anilines is 1. The monoisotopic (exact) mass is 232 g/mol. The molecule has 0 spiro atoms. The average molecular weight is 233 g/mol. The topological polar surface area (TPSA) is 69.9 Å². The molecule has 2 heterocycles. The summed E-state index contributed by atoms with van der Waals surface area (Å²) in [7, 11) is 1.72. The Bertz CT molecular complexity index is 456. The summed E-state index contributed by atoms with van der Waals surface area (Å²) in [5.74, 6) is 0.466. The molecule has 0 radical (unpaired) electrons. The smallest absolute Gasteiger partial charge is 0.207 e. The summed E-state index contributed by atoms with van der Waals surface area (Å²) < 4.78 is 6.48. The normalized spacial score (nSPS) is 10.8. The van der Waals surface area contributed by atoms with Crippen LogP contribution >= 0.6 is 23.2 Å². The molecule has 0 fully saturated rings. The fraction of sp³-hybridized carbons (Fsp3) is 0.143. The van der Waals surface area contributed by atoms with Crippen LogP contribution in [0.25, 0.3) is 11.5 Å². The van der Waals surface area contributed by atoms with Crippen molar-refractivity contribution in [3.63, 3.8) is 0 Å². The van der Waals surface area contributed by atoms with E-state index in [9.17, 15) is 0 Å². The van der Waals surface area contributed by atoms with Gasteiger partial charge in [-0.05, 0) is 0 Å². The van der Waals surface area contributed by atoms with Gasteiger partial charge in [-0.1, -0.05) is 28.4 Å². The zero-order valence-electron chi connectivity index (χ0n) is 7.16. The number of nitrogens with two attached hydrogens (primary N) is 1. The minimum Gasteiger partial charge on any atom is -0.380 e. The number of aryl methyl sites for hydroxylation is 1. The maximum absolute atomic E-state index is 5.89. The summed E-state index contributed by atoms with van der Waals surface area (Å²) in [6.07, 6.45) is 1.49. The second kappa shape index (κ2) is 3.18. The van der Waals surface area contributed by atoms with Crippen molar-refractivity contribution < 1.29 is 4.52 Å². The molecule has 0 aliphatic rings. The number of nitrogen functional groups attached to an aromatic ring is 1. The first-order valence-electron chi connectivity index (χ1n) is 3.69. The highest BCUT2D eigenvalue weighted by atomic mass is 35.5. The molecule has 0 aromatic carbocycles. The van der Waals surface area contributed by atoms with Gasteiger partial charge < -0.3 is 10.3 Å². The van der Waals surface area contributed by atoms with Gasteiger partial charge in [0.25, 0.3) is 0 Å². The van der Waals surface area contributed by atoms with Gasteiger partial charge in [-0.25, -0.2) is 0 Å². The Balaban J connectivity index is 2.65. The van der Waals surface area contributed by atoms with Gasteiger partial charge in [0.15, 0.2) is 5.82 Å². The van der Waals surface area contributed by atoms with E-state index in [4.69, 9.17) is 33.5 Å². The minimum atomic E-state index is 0.138. The average Bonchev–Trinajstić information content (AvgIpc) is 2.62. The molecule has 0 unspecified atom stereocenters. The van der Waals surface area contributed by atoms with Gasteiger partial charge in [0.1, 0.15) is 10.7 Å². The quantitative estimate of drug-likeness (QED) is 0.817. The third-order valence-corrected chi connectivity index (χ3v) is 2.41. The molecule has 0 aliphatic heterocycles. The summed E-state index contributed by atoms with van der Waals surface area (Å²) in [5.41, 5.74) is 5.99. The second-order valence-corrected chi connectivity index (χ2v) is 3.46. The molecule has 5 nitrogen and oxygen atoms in total. The van der Waals surface area contributed by atoms with Crippen LogP contribution in [0, 0.1) is 0 Å². The zero-order chi connectivity index (χ0) is 10.3. The second-order valence-electron chi connectivity index (χ2n) is 2.68. The van der Waals surface area contributed by atoms with E-state index in [0.29, 0.717) is 16.5 Å². The van der Waals surface area contributed by atoms with Crippen LogP contribution in [0.3, 0.4) is 0 Å². The molecule has 0 saturated heterocycles. The van der Waals surface area contributed by atoms with E-state index in [-0.39, 0.29) is 10.8 Å². The van der Waals surface area contributed by atoms with Crippen LogP contribution in [-0.2, 0) is 7.05 Å². The molecule has 7 heteroatoms. The van der Waals surface area contributed by atoms with E-state index in [1.807, 2.05) is 0 Å². The van der Waals surface area contributed by atoms with Gasteiger partial charge >= 0.3 is 0 Å². The summed E-state index contributed by atoms with van der Waals surface area (Å²) >= 11 is 11.8. The van der Waals surface area contributed by atoms with E-state index in [1.54, 1.807) is 7.05 Å². The molecule has 2 aromatic rings. The van der Waals surface area contributed by atoms with Crippen molar-refractivity contribution in [3.05, 3.63) is 16.2 Å². The molecule has 14 heavy (non-hydrogen) atoms. The minimum absolute atomic E-state index is 0.138. The van der Waals surface area contributed by atoms with Crippen molar-refractivity contribution in [3.8, 4) is 11.5 Å². The van der Waals surface area contributed by atoms with Crippen LogP contribution in [0.5, 0.6) is 0 Å². The predicted molar refractivity (Wildman–Crippen MR) is 53.1 cm³/mol. The van der Waals surface area contributed by atoms with Gasteiger partial charge in [-0.3, -0.25) is 4.68 Å². The lowest BCUT2D eigenvalue weighted by atomic mass is 10.3. The number of hydrogen-bond donors (Lipinski definition) is 1. The molecule has 2 N–H and O–H groups in total. The Morgan fingerprint density at radius 1 is 1.50 bits per heavy atom. The first-order valence-corrected chi connectivity index (χ1v) is 4.45. The van der Waals surface area contributed by atoms with Crippen LogP contribution in [0.15, 0.2) is 10.7 Å². The van der Waals surface area contributed by atoms with Gasteiger partial charge in [0.2, 0.25) is 5.76 Å². The summed E-state index contributed by atoms with van der Waals surface area (Å²) in [4.78, 5) is 0. The van der Waals surface area contributed by atoms with Crippen LogP contribution in [0.1, 0.15) is 0 Å². The van der Waals surface area contributed by atoms with Gasteiger partial charge in [-0.2, -0.15) is 5.10 Å². The SMILES string of the molecule is Cn1ncc(Cl)c1-c1onc(N)c1Cl. The number of rotatable bonds is 1. The lowest BCUT2D eigenvalue weighted by Crippen LogP contribution is -1.93. The first-order chi connectivity index (χ1) is 6.61. The molecule has 2 rings (SSSR count). The Morgan fingerprint density at radius 2 is 2.21 bits per heavy atom. The lowest BCUT2D eigenvalue weighted by molar-refractivity contribution is 0.432. The molecule has 2 aromatic heterocycles. The lowest BCUT2D eigenvalue weighted by Gasteiger charge is -1.97. The maximum Gasteiger partial charge on any atom is 0.207 e.